The number of Topliss-reactive ketones (excluding diaryl/α,β-unsaturated/α-hetero) is 1. The minimum atomic E-state index is -1.24. The Labute approximate surface area is 201 Å². The molecule has 0 radical (unpaired) electrons. The van der Waals surface area contributed by atoms with Gasteiger partial charge in [0.2, 0.25) is 0 Å². The van der Waals surface area contributed by atoms with Crippen molar-refractivity contribution in [3.05, 3.63) is 23.4 Å². The van der Waals surface area contributed by atoms with Gasteiger partial charge in [0.05, 0.1) is 36.3 Å². The van der Waals surface area contributed by atoms with Crippen LogP contribution >= 0.6 is 0 Å². The van der Waals surface area contributed by atoms with Crippen molar-refractivity contribution in [1.82, 2.24) is 4.98 Å². The van der Waals surface area contributed by atoms with E-state index in [-0.39, 0.29) is 30.3 Å². The van der Waals surface area contributed by atoms with Gasteiger partial charge in [-0.3, -0.25) is 9.59 Å². The molecular formula is C26H39NO7. The number of aromatic nitrogens is 1. The van der Waals surface area contributed by atoms with Gasteiger partial charge in [0.25, 0.3) is 0 Å². The van der Waals surface area contributed by atoms with Crippen LogP contribution in [0.25, 0.3) is 6.08 Å². The highest BCUT2D eigenvalue weighted by atomic mass is 16.6. The molecule has 1 aromatic rings. The third-order valence-electron chi connectivity index (χ3n) is 7.41. The van der Waals surface area contributed by atoms with Gasteiger partial charge in [0.15, 0.2) is 5.89 Å². The predicted molar refractivity (Wildman–Crippen MR) is 126 cm³/mol. The van der Waals surface area contributed by atoms with Crippen molar-refractivity contribution in [2.45, 2.75) is 104 Å². The molecule has 8 nitrogen and oxygen atoms in total. The number of fused-ring (bicyclic) bond motifs is 1. The molecule has 3 rings (SSSR count). The second kappa shape index (κ2) is 10.7. The van der Waals surface area contributed by atoms with Gasteiger partial charge in [-0.25, -0.2) is 4.98 Å². The molecule has 7 atom stereocenters. The van der Waals surface area contributed by atoms with E-state index >= 15 is 0 Å². The molecular weight excluding hydrogens is 438 g/mol. The Morgan fingerprint density at radius 2 is 1.88 bits per heavy atom. The van der Waals surface area contributed by atoms with Gasteiger partial charge in [-0.05, 0) is 37.3 Å². The number of epoxide rings is 1. The number of ether oxygens (including phenoxy) is 2. The van der Waals surface area contributed by atoms with Crippen LogP contribution in [0.4, 0.5) is 0 Å². The van der Waals surface area contributed by atoms with Crippen molar-refractivity contribution >= 4 is 17.8 Å². The number of hydrogen-bond acceptors (Lipinski definition) is 8. The number of hydrogen-bond donors (Lipinski definition) is 2. The Morgan fingerprint density at radius 3 is 2.53 bits per heavy atom. The molecule has 0 unspecified atom stereocenters. The van der Waals surface area contributed by atoms with Crippen molar-refractivity contribution in [3.63, 3.8) is 0 Å². The molecule has 0 saturated carbocycles. The number of ketones is 1. The number of rotatable bonds is 2. The fourth-order valence-electron chi connectivity index (χ4n) is 4.78. The molecule has 0 bridgehead atoms. The minimum absolute atomic E-state index is 0.0183. The highest BCUT2D eigenvalue weighted by Crippen LogP contribution is 2.36. The largest absolute Gasteiger partial charge is 0.458 e. The van der Waals surface area contributed by atoms with Crippen LogP contribution in [0.1, 0.15) is 78.3 Å². The average Bonchev–Trinajstić information content (AvgIpc) is 3.38. The van der Waals surface area contributed by atoms with Gasteiger partial charge in [-0.2, -0.15) is 0 Å². The van der Waals surface area contributed by atoms with E-state index < -0.39 is 35.6 Å². The van der Waals surface area contributed by atoms with E-state index in [2.05, 4.69) is 4.98 Å². The Morgan fingerprint density at radius 1 is 1.18 bits per heavy atom. The highest BCUT2D eigenvalue weighted by Gasteiger charge is 2.44. The maximum absolute atomic E-state index is 13.2. The summed E-state index contributed by atoms with van der Waals surface area (Å²) >= 11 is 0. The van der Waals surface area contributed by atoms with Crippen molar-refractivity contribution in [3.8, 4) is 0 Å². The van der Waals surface area contributed by atoms with Crippen molar-refractivity contribution in [2.75, 3.05) is 0 Å². The van der Waals surface area contributed by atoms with Gasteiger partial charge in [0.1, 0.15) is 23.8 Å². The molecule has 2 fully saturated rings. The first-order valence-corrected chi connectivity index (χ1v) is 12.3. The van der Waals surface area contributed by atoms with E-state index in [1.165, 1.54) is 0 Å². The van der Waals surface area contributed by atoms with Crippen molar-refractivity contribution < 1.29 is 33.7 Å². The van der Waals surface area contributed by atoms with Crippen LogP contribution in [-0.4, -0.2) is 57.5 Å². The van der Waals surface area contributed by atoms with E-state index in [4.69, 9.17) is 13.9 Å². The summed E-state index contributed by atoms with van der Waals surface area (Å²) in [4.78, 5) is 30.3. The van der Waals surface area contributed by atoms with E-state index in [0.29, 0.717) is 18.0 Å². The number of oxazole rings is 1. The summed E-state index contributed by atoms with van der Waals surface area (Å²) in [7, 11) is 0. The van der Waals surface area contributed by atoms with Crippen LogP contribution in [0, 0.1) is 24.2 Å². The second-order valence-electron chi connectivity index (χ2n) is 10.6. The molecule has 34 heavy (non-hydrogen) atoms. The Balaban J connectivity index is 1.81. The Bertz CT molecular complexity index is 905. The SMILES string of the molecule is C/C(=C\c1coc(C)n1)[C@@H]1C[C@H]2O[C@@H]2CCC[C@H](C)[C@H](O)[C@@H](C)C(=O)C(C)(C)[C@@H](O)CC(=O)O1. The number of carbonyl (C=O) groups excluding carboxylic acids is 2. The lowest BCUT2D eigenvalue weighted by molar-refractivity contribution is -0.154. The molecule has 0 spiro atoms. The first-order valence-electron chi connectivity index (χ1n) is 12.3. The zero-order valence-electron chi connectivity index (χ0n) is 21.1. The van der Waals surface area contributed by atoms with E-state index in [1.54, 1.807) is 34.0 Å². The minimum Gasteiger partial charge on any atom is -0.458 e. The molecule has 1 aromatic heterocycles. The summed E-state index contributed by atoms with van der Waals surface area (Å²) in [6.07, 6.45) is 3.51. The van der Waals surface area contributed by atoms with Gasteiger partial charge in [0, 0.05) is 19.3 Å². The summed E-state index contributed by atoms with van der Waals surface area (Å²) in [6, 6.07) is 0. The maximum atomic E-state index is 13.2. The molecule has 0 aliphatic carbocycles. The number of nitrogens with zero attached hydrogens (tertiary/aromatic N) is 1. The topological polar surface area (TPSA) is 122 Å². The second-order valence-corrected chi connectivity index (χ2v) is 10.6. The molecule has 0 aromatic carbocycles. The van der Waals surface area contributed by atoms with Crippen LogP contribution in [0.2, 0.25) is 0 Å². The lowest BCUT2D eigenvalue weighted by Crippen LogP contribution is -2.45. The summed E-state index contributed by atoms with van der Waals surface area (Å²) in [6.45, 7) is 10.5. The quantitative estimate of drug-likeness (QED) is 0.489. The summed E-state index contributed by atoms with van der Waals surface area (Å²) < 4.78 is 16.9. The third-order valence-corrected chi connectivity index (χ3v) is 7.41. The monoisotopic (exact) mass is 477 g/mol. The smallest absolute Gasteiger partial charge is 0.309 e. The van der Waals surface area contributed by atoms with Gasteiger partial charge in [-0.15, -0.1) is 0 Å². The van der Waals surface area contributed by atoms with Crippen molar-refractivity contribution in [2.24, 2.45) is 17.3 Å². The summed E-state index contributed by atoms with van der Waals surface area (Å²) in [5.41, 5.74) is 0.228. The fourth-order valence-corrected chi connectivity index (χ4v) is 4.78. The van der Waals surface area contributed by atoms with Crippen LogP contribution in [0.5, 0.6) is 0 Å². The zero-order chi connectivity index (χ0) is 25.2. The van der Waals surface area contributed by atoms with E-state index in [9.17, 15) is 19.8 Å². The molecule has 2 saturated heterocycles. The summed E-state index contributed by atoms with van der Waals surface area (Å²) in [5.74, 6) is -1.03. The maximum Gasteiger partial charge on any atom is 0.309 e. The van der Waals surface area contributed by atoms with Gasteiger partial charge in [-0.1, -0.05) is 34.1 Å². The van der Waals surface area contributed by atoms with Crippen LogP contribution in [0.3, 0.4) is 0 Å². The third kappa shape index (κ3) is 6.34. The Hall–Kier alpha value is -2.03. The Kier molecular flexibility index (Phi) is 8.37. The molecule has 3 heterocycles. The molecule has 2 aliphatic heterocycles. The normalized spacial score (nSPS) is 36.0. The van der Waals surface area contributed by atoms with Crippen LogP contribution in [0.15, 0.2) is 16.3 Å². The molecule has 2 N–H and O–H groups in total. The van der Waals surface area contributed by atoms with Crippen LogP contribution < -0.4 is 0 Å². The number of esters is 1. The number of cyclic esters (lactones) is 1. The van der Waals surface area contributed by atoms with E-state index in [1.807, 2.05) is 19.9 Å². The number of carbonyl (C=O) groups is 2. The average molecular weight is 478 g/mol. The van der Waals surface area contributed by atoms with E-state index in [0.717, 1.165) is 24.8 Å². The predicted octanol–water partition coefficient (Wildman–Crippen LogP) is 3.62. The first kappa shape index (κ1) is 26.6. The van der Waals surface area contributed by atoms with Crippen LogP contribution in [-0.2, 0) is 19.1 Å². The molecule has 8 heteroatoms. The fraction of sp³-hybridized carbons (Fsp3) is 0.731. The highest BCUT2D eigenvalue weighted by molar-refractivity contribution is 5.88. The standard InChI is InChI=1S/C26H39NO7/c1-14-8-7-9-19-21(33-19)11-20(15(2)10-18-13-32-17(4)27-18)34-23(29)12-22(28)26(5,6)25(31)16(3)24(14)30/h10,13-14,16,19-22,24,28,30H,7-9,11-12H2,1-6H3/b15-10+/t14-,16+,19+,20-,21+,22-,24-/m0/s1. The van der Waals surface area contributed by atoms with Gasteiger partial charge < -0.3 is 24.1 Å². The molecule has 190 valence electrons. The first-order chi connectivity index (χ1) is 15.9. The number of aryl methyl sites for hydroxylation is 1. The lowest BCUT2D eigenvalue weighted by Gasteiger charge is -2.34. The van der Waals surface area contributed by atoms with Crippen molar-refractivity contribution in [1.29, 1.82) is 0 Å². The molecule has 2 aliphatic rings. The number of aliphatic hydroxyl groups excluding tert-OH is 2. The lowest BCUT2D eigenvalue weighted by atomic mass is 9.73. The molecule has 0 amide bonds. The van der Waals surface area contributed by atoms with Gasteiger partial charge >= 0.3 is 5.97 Å². The summed E-state index contributed by atoms with van der Waals surface area (Å²) in [5, 5.41) is 21.6. The zero-order valence-corrected chi connectivity index (χ0v) is 21.1. The number of aliphatic hydroxyl groups is 2.